The van der Waals surface area contributed by atoms with Gasteiger partial charge >= 0.3 is 0 Å². The van der Waals surface area contributed by atoms with Crippen molar-refractivity contribution in [2.75, 3.05) is 36.4 Å². The minimum absolute atomic E-state index is 0.264. The Balaban J connectivity index is 1.25. The molecule has 202 valence electrons. The van der Waals surface area contributed by atoms with E-state index >= 15 is 0 Å². The molecule has 40 heavy (non-hydrogen) atoms. The van der Waals surface area contributed by atoms with Crippen molar-refractivity contribution < 1.29 is 9.53 Å². The van der Waals surface area contributed by atoms with E-state index in [4.69, 9.17) is 4.74 Å². The normalized spacial score (nSPS) is 13.8. The Morgan fingerprint density at radius 2 is 1.88 bits per heavy atom. The summed E-state index contributed by atoms with van der Waals surface area (Å²) >= 11 is 1.40. The van der Waals surface area contributed by atoms with E-state index in [0.29, 0.717) is 5.69 Å². The number of hydrogen-bond acceptors (Lipinski definition) is 9. The van der Waals surface area contributed by atoms with Crippen molar-refractivity contribution in [2.45, 2.75) is 13.5 Å². The Morgan fingerprint density at radius 3 is 2.62 bits per heavy atom. The van der Waals surface area contributed by atoms with Crippen molar-refractivity contribution in [2.24, 2.45) is 0 Å². The summed E-state index contributed by atoms with van der Waals surface area (Å²) < 4.78 is 6.25. The first-order valence-corrected chi connectivity index (χ1v) is 13.9. The molecule has 1 fully saturated rings. The summed E-state index contributed by atoms with van der Waals surface area (Å²) in [4.78, 5) is 22.6. The lowest BCUT2D eigenvalue weighted by Crippen LogP contribution is -2.46. The number of nitrogens with one attached hydrogen (secondary N) is 2. The van der Waals surface area contributed by atoms with Gasteiger partial charge in [0.05, 0.1) is 23.8 Å². The molecule has 10 nitrogen and oxygen atoms in total. The van der Waals surface area contributed by atoms with Gasteiger partial charge in [-0.05, 0) is 43.3 Å². The van der Waals surface area contributed by atoms with Gasteiger partial charge in [0.2, 0.25) is 0 Å². The standard InChI is InChI=1S/C29H28N8O2S/c1-20-26(39-23-5-3-2-4-6-23)8-7-24(27(20)37-15-13-36(14-16-37)18-22-10-12-31-35-22)33-28(38)25-19-40-29(34-25)21-9-11-30-32-17-21/h2-12,17,19H,13-16,18H2,1H3,(H,31,35)(H,33,38). The molecule has 0 radical (unpaired) electrons. The van der Waals surface area contributed by atoms with E-state index < -0.39 is 0 Å². The molecule has 0 atom stereocenters. The molecule has 6 rings (SSSR count). The van der Waals surface area contributed by atoms with Gasteiger partial charge in [-0.2, -0.15) is 15.3 Å². The molecular formula is C29H28N8O2S. The van der Waals surface area contributed by atoms with Crippen LogP contribution in [0.3, 0.4) is 0 Å². The maximum absolute atomic E-state index is 13.3. The number of piperazine rings is 1. The third-order valence-electron chi connectivity index (χ3n) is 6.81. The number of nitrogens with zero attached hydrogens (tertiary/aromatic N) is 6. The zero-order valence-corrected chi connectivity index (χ0v) is 22.8. The Bertz CT molecular complexity index is 1570. The smallest absolute Gasteiger partial charge is 0.275 e. The van der Waals surface area contributed by atoms with Gasteiger partial charge in [-0.1, -0.05) is 18.2 Å². The Morgan fingerprint density at radius 1 is 1.02 bits per heavy atom. The SMILES string of the molecule is Cc1c(Oc2ccccc2)ccc(NC(=O)c2csc(-c3ccnnc3)n2)c1N1CCN(Cc2ccn[nH]2)CC1. The number of carbonyl (C=O) groups excluding carboxylic acids is 1. The highest BCUT2D eigenvalue weighted by Crippen LogP contribution is 2.39. The second kappa shape index (κ2) is 11.6. The van der Waals surface area contributed by atoms with Gasteiger partial charge in [0, 0.05) is 61.1 Å². The lowest BCUT2D eigenvalue weighted by molar-refractivity contribution is 0.102. The fourth-order valence-corrected chi connectivity index (χ4v) is 5.56. The van der Waals surface area contributed by atoms with Crippen molar-refractivity contribution in [1.29, 1.82) is 0 Å². The zero-order chi connectivity index (χ0) is 27.3. The summed E-state index contributed by atoms with van der Waals surface area (Å²) in [5, 5.41) is 20.4. The van der Waals surface area contributed by atoms with E-state index in [-0.39, 0.29) is 5.91 Å². The van der Waals surface area contributed by atoms with E-state index in [0.717, 1.165) is 77.4 Å². The van der Waals surface area contributed by atoms with Crippen LogP contribution in [0.5, 0.6) is 11.5 Å². The summed E-state index contributed by atoms with van der Waals surface area (Å²) in [6.07, 6.45) is 5.03. The predicted molar refractivity (Wildman–Crippen MR) is 155 cm³/mol. The van der Waals surface area contributed by atoms with Gasteiger partial charge in [-0.15, -0.1) is 11.3 Å². The average molecular weight is 553 g/mol. The molecule has 1 saturated heterocycles. The first-order chi connectivity index (χ1) is 19.6. The lowest BCUT2D eigenvalue weighted by atomic mass is 10.1. The Hall–Kier alpha value is -4.61. The van der Waals surface area contributed by atoms with E-state index in [1.807, 2.05) is 61.5 Å². The molecule has 1 aliphatic heterocycles. The molecule has 1 aliphatic rings. The van der Waals surface area contributed by atoms with Crippen molar-refractivity contribution in [3.63, 3.8) is 0 Å². The molecule has 1 amide bonds. The number of carbonyl (C=O) groups is 1. The van der Waals surface area contributed by atoms with Crippen LogP contribution in [0.2, 0.25) is 0 Å². The topological polar surface area (TPSA) is 112 Å². The van der Waals surface area contributed by atoms with Crippen molar-refractivity contribution >= 4 is 28.6 Å². The van der Waals surface area contributed by atoms with Crippen LogP contribution in [0.4, 0.5) is 11.4 Å². The Kier molecular flexibility index (Phi) is 7.47. The van der Waals surface area contributed by atoms with Gasteiger partial charge in [-0.3, -0.25) is 14.8 Å². The molecule has 0 aliphatic carbocycles. The summed E-state index contributed by atoms with van der Waals surface area (Å²) in [5.41, 5.74) is 4.92. The second-order valence-electron chi connectivity index (χ2n) is 9.47. The van der Waals surface area contributed by atoms with Gasteiger partial charge in [0.25, 0.3) is 5.91 Å². The third-order valence-corrected chi connectivity index (χ3v) is 7.70. The predicted octanol–water partition coefficient (Wildman–Crippen LogP) is 5.00. The highest BCUT2D eigenvalue weighted by atomic mass is 32.1. The molecule has 5 aromatic rings. The number of aromatic nitrogens is 5. The molecule has 3 aromatic heterocycles. The van der Waals surface area contributed by atoms with Crippen LogP contribution < -0.4 is 15.0 Å². The van der Waals surface area contributed by atoms with Crippen LogP contribution in [0.25, 0.3) is 10.6 Å². The summed E-state index contributed by atoms with van der Waals surface area (Å²) in [6.45, 7) is 6.24. The lowest BCUT2D eigenvalue weighted by Gasteiger charge is -2.37. The highest BCUT2D eigenvalue weighted by Gasteiger charge is 2.24. The van der Waals surface area contributed by atoms with E-state index in [2.05, 4.69) is 40.5 Å². The maximum atomic E-state index is 13.3. The number of aromatic amines is 1. The van der Waals surface area contributed by atoms with Crippen LogP contribution in [0.15, 0.2) is 78.6 Å². The van der Waals surface area contributed by atoms with Crippen molar-refractivity contribution in [3.8, 4) is 22.1 Å². The Labute approximate surface area is 235 Å². The van der Waals surface area contributed by atoms with E-state index in [1.165, 1.54) is 11.3 Å². The summed E-state index contributed by atoms with van der Waals surface area (Å²) in [5.74, 6) is 1.25. The number of amides is 1. The number of hydrogen-bond donors (Lipinski definition) is 2. The first kappa shape index (κ1) is 25.7. The van der Waals surface area contributed by atoms with Gasteiger partial charge < -0.3 is 15.0 Å². The third kappa shape index (κ3) is 5.70. The van der Waals surface area contributed by atoms with Crippen LogP contribution in [0, 0.1) is 6.92 Å². The minimum Gasteiger partial charge on any atom is -0.457 e. The number of H-pyrrole nitrogens is 1. The fourth-order valence-electron chi connectivity index (χ4n) is 4.77. The average Bonchev–Trinajstić information content (AvgIpc) is 3.69. The van der Waals surface area contributed by atoms with E-state index in [9.17, 15) is 4.79 Å². The number of rotatable bonds is 8. The first-order valence-electron chi connectivity index (χ1n) is 13.0. The molecule has 11 heteroatoms. The van der Waals surface area contributed by atoms with Crippen LogP contribution >= 0.6 is 11.3 Å². The maximum Gasteiger partial charge on any atom is 0.275 e. The molecule has 0 spiro atoms. The van der Waals surface area contributed by atoms with E-state index in [1.54, 1.807) is 24.0 Å². The van der Waals surface area contributed by atoms with Gasteiger partial charge in [0.15, 0.2) is 0 Å². The fraction of sp³-hybridized carbons (Fsp3) is 0.207. The van der Waals surface area contributed by atoms with Crippen LogP contribution in [-0.4, -0.2) is 62.4 Å². The number of benzene rings is 2. The second-order valence-corrected chi connectivity index (χ2v) is 10.3. The monoisotopic (exact) mass is 552 g/mol. The zero-order valence-electron chi connectivity index (χ0n) is 21.9. The quantitative estimate of drug-likeness (QED) is 0.277. The molecule has 0 saturated carbocycles. The molecule has 0 unspecified atom stereocenters. The summed E-state index contributed by atoms with van der Waals surface area (Å²) in [6, 6.07) is 17.4. The number of ether oxygens (including phenoxy) is 1. The van der Waals surface area contributed by atoms with Gasteiger partial charge in [-0.25, -0.2) is 4.98 Å². The molecular weight excluding hydrogens is 524 g/mol. The largest absolute Gasteiger partial charge is 0.457 e. The minimum atomic E-state index is -0.264. The highest BCUT2D eigenvalue weighted by molar-refractivity contribution is 7.13. The van der Waals surface area contributed by atoms with Crippen molar-refractivity contribution in [1.82, 2.24) is 30.3 Å². The molecule has 4 heterocycles. The summed E-state index contributed by atoms with van der Waals surface area (Å²) in [7, 11) is 0. The molecule has 2 N–H and O–H groups in total. The number of para-hydroxylation sites is 1. The number of thiazole rings is 1. The van der Waals surface area contributed by atoms with Crippen LogP contribution in [-0.2, 0) is 6.54 Å². The molecule has 0 bridgehead atoms. The number of anilines is 2. The van der Waals surface area contributed by atoms with Crippen molar-refractivity contribution in [3.05, 3.63) is 95.5 Å². The molecule has 2 aromatic carbocycles. The van der Waals surface area contributed by atoms with Crippen LogP contribution in [0.1, 0.15) is 21.7 Å². The van der Waals surface area contributed by atoms with Gasteiger partial charge in [0.1, 0.15) is 22.2 Å².